The Bertz CT molecular complexity index is 107. The Morgan fingerprint density at radius 3 is 2.90 bits per heavy atom. The zero-order valence-electron chi connectivity index (χ0n) is 5.70. The van der Waals surface area contributed by atoms with Gasteiger partial charge in [-0.1, -0.05) is 0 Å². The van der Waals surface area contributed by atoms with Crippen LogP contribution >= 0.6 is 12.6 Å². The maximum atomic E-state index is 10.6. The second-order valence-corrected chi connectivity index (χ2v) is 2.49. The summed E-state index contributed by atoms with van der Waals surface area (Å²) in [5.41, 5.74) is 2.27. The van der Waals surface area contributed by atoms with Gasteiger partial charge in [-0.3, -0.25) is 0 Å². The second kappa shape index (κ2) is 5.52. The molecule has 4 nitrogen and oxygen atoms in total. The zero-order valence-corrected chi connectivity index (χ0v) is 6.60. The fraction of sp³-hybridized carbons (Fsp3) is 0.800. The highest BCUT2D eigenvalue weighted by Gasteiger charge is 2.07. The standard InChI is InChI=1S/C5H11NO3S/c1-4(10)5(8)9-6-2-3-7/h4,6-7,10H,2-3H2,1H3. The quantitative estimate of drug-likeness (QED) is 0.294. The van der Waals surface area contributed by atoms with Crippen molar-refractivity contribution in [2.45, 2.75) is 12.2 Å². The number of carbonyl (C=O) groups excluding carboxylic acids is 1. The molecule has 0 rings (SSSR count). The molecule has 0 amide bonds. The van der Waals surface area contributed by atoms with E-state index >= 15 is 0 Å². The van der Waals surface area contributed by atoms with Gasteiger partial charge in [-0.05, 0) is 6.92 Å². The van der Waals surface area contributed by atoms with E-state index in [1.54, 1.807) is 6.92 Å². The third-order valence-electron chi connectivity index (χ3n) is 0.728. The number of aliphatic hydroxyl groups excluding tert-OH is 1. The van der Waals surface area contributed by atoms with E-state index in [0.717, 1.165) is 0 Å². The van der Waals surface area contributed by atoms with Crippen molar-refractivity contribution in [2.24, 2.45) is 0 Å². The highest BCUT2D eigenvalue weighted by Crippen LogP contribution is 1.93. The van der Waals surface area contributed by atoms with Crippen LogP contribution < -0.4 is 5.48 Å². The summed E-state index contributed by atoms with van der Waals surface area (Å²) in [6, 6.07) is 0. The lowest BCUT2D eigenvalue weighted by molar-refractivity contribution is -0.150. The number of aliphatic hydroxyl groups is 1. The van der Waals surface area contributed by atoms with Crippen molar-refractivity contribution < 1.29 is 14.7 Å². The van der Waals surface area contributed by atoms with Gasteiger partial charge in [-0.15, -0.1) is 0 Å². The Hall–Kier alpha value is -0.260. The van der Waals surface area contributed by atoms with E-state index in [2.05, 4.69) is 22.9 Å². The van der Waals surface area contributed by atoms with E-state index in [4.69, 9.17) is 5.11 Å². The molecule has 0 bridgehead atoms. The number of thiol groups is 1. The summed E-state index contributed by atoms with van der Waals surface area (Å²) < 4.78 is 0. The largest absolute Gasteiger partial charge is 0.395 e. The van der Waals surface area contributed by atoms with Crippen molar-refractivity contribution in [1.29, 1.82) is 0 Å². The van der Waals surface area contributed by atoms with Crippen molar-refractivity contribution in [3.63, 3.8) is 0 Å². The number of carbonyl (C=O) groups is 1. The summed E-state index contributed by atoms with van der Waals surface area (Å²) >= 11 is 3.82. The smallest absolute Gasteiger partial charge is 0.337 e. The molecule has 1 atom stereocenters. The summed E-state index contributed by atoms with van der Waals surface area (Å²) in [7, 11) is 0. The van der Waals surface area contributed by atoms with E-state index < -0.39 is 11.2 Å². The molecule has 0 aliphatic carbocycles. The molecule has 0 spiro atoms. The minimum absolute atomic E-state index is 0.0613. The number of nitrogens with one attached hydrogen (secondary N) is 1. The van der Waals surface area contributed by atoms with Crippen LogP contribution in [0, 0.1) is 0 Å². The van der Waals surface area contributed by atoms with Crippen LogP contribution in [-0.2, 0) is 9.63 Å². The van der Waals surface area contributed by atoms with Gasteiger partial charge in [0.1, 0.15) is 0 Å². The average molecular weight is 165 g/mol. The van der Waals surface area contributed by atoms with Crippen LogP contribution in [0.1, 0.15) is 6.92 Å². The Labute approximate surface area is 64.9 Å². The molecular formula is C5H11NO3S. The van der Waals surface area contributed by atoms with E-state index in [1.165, 1.54) is 0 Å². The third kappa shape index (κ3) is 4.60. The second-order valence-electron chi connectivity index (χ2n) is 1.72. The van der Waals surface area contributed by atoms with Crippen LogP contribution in [0.15, 0.2) is 0 Å². The van der Waals surface area contributed by atoms with Crippen molar-refractivity contribution in [3.05, 3.63) is 0 Å². The molecule has 1 unspecified atom stereocenters. The lowest BCUT2D eigenvalue weighted by atomic mass is 10.5. The predicted molar refractivity (Wildman–Crippen MR) is 39.6 cm³/mol. The SMILES string of the molecule is CC(S)C(=O)ONCCO. The summed E-state index contributed by atoms with van der Waals surface area (Å²) in [6.07, 6.45) is 0. The highest BCUT2D eigenvalue weighted by atomic mass is 32.1. The lowest BCUT2D eigenvalue weighted by Crippen LogP contribution is -2.26. The molecule has 0 aliphatic rings. The first kappa shape index (κ1) is 9.74. The maximum Gasteiger partial charge on any atom is 0.337 e. The minimum atomic E-state index is -0.447. The van der Waals surface area contributed by atoms with Crippen LogP contribution in [0.5, 0.6) is 0 Å². The van der Waals surface area contributed by atoms with E-state index in [1.807, 2.05) is 0 Å². The molecule has 0 aromatic carbocycles. The Balaban J connectivity index is 3.22. The molecular weight excluding hydrogens is 154 g/mol. The van der Waals surface area contributed by atoms with Gasteiger partial charge in [0.05, 0.1) is 18.4 Å². The van der Waals surface area contributed by atoms with Crippen molar-refractivity contribution in [1.82, 2.24) is 5.48 Å². The first-order valence-corrected chi connectivity index (χ1v) is 3.42. The fourth-order valence-electron chi connectivity index (χ4n) is 0.253. The molecule has 2 N–H and O–H groups in total. The van der Waals surface area contributed by atoms with Gasteiger partial charge in [-0.2, -0.15) is 18.1 Å². The first-order chi connectivity index (χ1) is 4.68. The van der Waals surface area contributed by atoms with Gasteiger partial charge >= 0.3 is 5.97 Å². The topological polar surface area (TPSA) is 58.6 Å². The monoisotopic (exact) mass is 165 g/mol. The van der Waals surface area contributed by atoms with Crippen LogP contribution in [-0.4, -0.2) is 29.5 Å². The van der Waals surface area contributed by atoms with Crippen LogP contribution in [0.25, 0.3) is 0 Å². The Morgan fingerprint density at radius 2 is 2.50 bits per heavy atom. The van der Waals surface area contributed by atoms with E-state index in [9.17, 15) is 4.79 Å². The van der Waals surface area contributed by atoms with Gasteiger partial charge in [0, 0.05) is 0 Å². The van der Waals surface area contributed by atoms with Gasteiger partial charge in [-0.25, -0.2) is 4.79 Å². The molecule has 0 saturated heterocycles. The minimum Gasteiger partial charge on any atom is -0.395 e. The maximum absolute atomic E-state index is 10.6. The van der Waals surface area contributed by atoms with E-state index in [-0.39, 0.29) is 13.2 Å². The summed E-state index contributed by atoms with van der Waals surface area (Å²) in [5, 5.41) is 7.81. The molecule has 0 aromatic rings. The van der Waals surface area contributed by atoms with E-state index in [0.29, 0.717) is 0 Å². The van der Waals surface area contributed by atoms with Gasteiger partial charge < -0.3 is 9.94 Å². The number of hydrogen-bond donors (Lipinski definition) is 3. The molecule has 0 fully saturated rings. The zero-order chi connectivity index (χ0) is 7.98. The Kier molecular flexibility index (Phi) is 5.38. The molecule has 0 heterocycles. The van der Waals surface area contributed by atoms with Crippen LogP contribution in [0.4, 0.5) is 0 Å². The number of hydrogen-bond acceptors (Lipinski definition) is 5. The van der Waals surface area contributed by atoms with Crippen molar-refractivity contribution >= 4 is 18.6 Å². The van der Waals surface area contributed by atoms with Gasteiger partial charge in [0.15, 0.2) is 0 Å². The summed E-state index contributed by atoms with van der Waals surface area (Å²) in [5.74, 6) is -0.447. The van der Waals surface area contributed by atoms with Crippen LogP contribution in [0.2, 0.25) is 0 Å². The molecule has 10 heavy (non-hydrogen) atoms. The highest BCUT2D eigenvalue weighted by molar-refractivity contribution is 7.81. The van der Waals surface area contributed by atoms with Crippen molar-refractivity contribution in [3.8, 4) is 0 Å². The van der Waals surface area contributed by atoms with Crippen molar-refractivity contribution in [2.75, 3.05) is 13.2 Å². The molecule has 0 aromatic heterocycles. The summed E-state index contributed by atoms with van der Waals surface area (Å²) in [4.78, 5) is 15.0. The molecule has 0 saturated carbocycles. The molecule has 60 valence electrons. The molecule has 5 heteroatoms. The number of rotatable bonds is 4. The van der Waals surface area contributed by atoms with Gasteiger partial charge in [0.2, 0.25) is 0 Å². The predicted octanol–water partition coefficient (Wildman–Crippen LogP) is -0.655. The first-order valence-electron chi connectivity index (χ1n) is 2.91. The van der Waals surface area contributed by atoms with Crippen LogP contribution in [0.3, 0.4) is 0 Å². The lowest BCUT2D eigenvalue weighted by Gasteiger charge is -2.04. The molecule has 0 aliphatic heterocycles. The fourth-order valence-corrected chi connectivity index (χ4v) is 0.306. The third-order valence-corrected chi connectivity index (χ3v) is 0.939. The number of hydroxylamine groups is 1. The normalized spacial score (nSPS) is 12.7. The average Bonchev–Trinajstić information content (AvgIpc) is 1.88. The van der Waals surface area contributed by atoms with Gasteiger partial charge in [0.25, 0.3) is 0 Å². The summed E-state index contributed by atoms with van der Waals surface area (Å²) in [6.45, 7) is 1.78. The Morgan fingerprint density at radius 1 is 1.90 bits per heavy atom. The molecule has 0 radical (unpaired) electrons.